The molecule has 0 spiro atoms. The molecule has 0 aromatic heterocycles. The molecule has 0 atom stereocenters. The van der Waals surface area contributed by atoms with Crippen LogP contribution in [-0.4, -0.2) is 11.8 Å². The van der Waals surface area contributed by atoms with E-state index in [1.807, 2.05) is 73.7 Å². The van der Waals surface area contributed by atoms with E-state index in [-0.39, 0.29) is 11.5 Å². The molecule has 0 bridgehead atoms. The van der Waals surface area contributed by atoms with Crippen molar-refractivity contribution in [2.75, 3.05) is 5.01 Å². The Morgan fingerprint density at radius 1 is 0.931 bits per heavy atom. The third-order valence-corrected chi connectivity index (χ3v) is 4.65. The number of ether oxygens (including phenoxy) is 1. The van der Waals surface area contributed by atoms with Gasteiger partial charge < -0.3 is 4.74 Å². The molecule has 4 rings (SSSR count). The summed E-state index contributed by atoms with van der Waals surface area (Å²) in [6.45, 7) is 2.42. The van der Waals surface area contributed by atoms with Crippen LogP contribution in [0.15, 0.2) is 84.4 Å². The molecule has 2 amide bonds. The first-order chi connectivity index (χ1) is 14.1. The Kier molecular flexibility index (Phi) is 5.12. The highest BCUT2D eigenvalue weighted by Crippen LogP contribution is 2.24. The number of hydrazine groups is 1. The van der Waals surface area contributed by atoms with Gasteiger partial charge in [-0.3, -0.25) is 15.0 Å². The second kappa shape index (κ2) is 8.02. The van der Waals surface area contributed by atoms with E-state index in [1.165, 1.54) is 5.01 Å². The maximum Gasteiger partial charge on any atom is 0.282 e. The van der Waals surface area contributed by atoms with Crippen LogP contribution in [0.3, 0.4) is 0 Å². The van der Waals surface area contributed by atoms with Crippen LogP contribution in [-0.2, 0) is 16.2 Å². The topological polar surface area (TPSA) is 58.6 Å². The minimum Gasteiger partial charge on any atom is -0.489 e. The van der Waals surface area contributed by atoms with Gasteiger partial charge in [-0.1, -0.05) is 54.6 Å². The molecule has 3 aromatic carbocycles. The lowest BCUT2D eigenvalue weighted by Gasteiger charge is -2.13. The second-order valence-corrected chi connectivity index (χ2v) is 6.77. The summed E-state index contributed by atoms with van der Waals surface area (Å²) in [5.41, 5.74) is 6.12. The van der Waals surface area contributed by atoms with Crippen LogP contribution in [0.5, 0.6) is 5.75 Å². The van der Waals surface area contributed by atoms with Crippen molar-refractivity contribution in [1.82, 2.24) is 5.43 Å². The summed E-state index contributed by atoms with van der Waals surface area (Å²) in [7, 11) is 0. The van der Waals surface area contributed by atoms with Crippen molar-refractivity contribution >= 4 is 23.6 Å². The van der Waals surface area contributed by atoms with Crippen LogP contribution in [0.25, 0.3) is 6.08 Å². The average Bonchev–Trinajstić information content (AvgIpc) is 3.03. The molecule has 144 valence electrons. The quantitative estimate of drug-likeness (QED) is 0.534. The summed E-state index contributed by atoms with van der Waals surface area (Å²) in [4.78, 5) is 25.0. The highest BCUT2D eigenvalue weighted by molar-refractivity contribution is 6.31. The smallest absolute Gasteiger partial charge is 0.282 e. The van der Waals surface area contributed by atoms with Crippen LogP contribution < -0.4 is 15.2 Å². The molecule has 5 nitrogen and oxygen atoms in total. The van der Waals surface area contributed by atoms with Crippen LogP contribution >= 0.6 is 0 Å². The van der Waals surface area contributed by atoms with Crippen molar-refractivity contribution in [2.24, 2.45) is 0 Å². The Hall–Kier alpha value is -3.86. The van der Waals surface area contributed by atoms with Crippen molar-refractivity contribution < 1.29 is 14.3 Å². The molecule has 0 saturated carbocycles. The summed E-state index contributed by atoms with van der Waals surface area (Å²) in [5.74, 6) is -0.0201. The first-order valence-corrected chi connectivity index (χ1v) is 9.31. The number of para-hydroxylation sites is 1. The van der Waals surface area contributed by atoms with E-state index in [1.54, 1.807) is 18.2 Å². The molecule has 0 unspecified atom stereocenters. The molecule has 0 radical (unpaired) electrons. The SMILES string of the molecule is Cc1cc(/C=C2/C(=O)NN(c3ccccc3)C2=O)ccc1OCc1ccccc1. The third kappa shape index (κ3) is 4.04. The Morgan fingerprint density at radius 2 is 1.62 bits per heavy atom. The lowest BCUT2D eigenvalue weighted by Crippen LogP contribution is -2.35. The van der Waals surface area contributed by atoms with Gasteiger partial charge in [-0.15, -0.1) is 0 Å². The molecular weight excluding hydrogens is 364 g/mol. The molecule has 3 aromatic rings. The van der Waals surface area contributed by atoms with E-state index in [4.69, 9.17) is 4.74 Å². The van der Waals surface area contributed by atoms with Gasteiger partial charge >= 0.3 is 0 Å². The first kappa shape index (κ1) is 18.5. The summed E-state index contributed by atoms with van der Waals surface area (Å²) in [6, 6.07) is 24.6. The molecule has 1 aliphatic heterocycles. The number of hydrogen-bond donors (Lipinski definition) is 1. The predicted molar refractivity (Wildman–Crippen MR) is 112 cm³/mol. The number of anilines is 1. The van der Waals surface area contributed by atoms with Crippen molar-refractivity contribution in [1.29, 1.82) is 0 Å². The zero-order valence-electron chi connectivity index (χ0n) is 16.0. The molecule has 0 aliphatic carbocycles. The highest BCUT2D eigenvalue weighted by atomic mass is 16.5. The molecule has 1 fully saturated rings. The van der Waals surface area contributed by atoms with Gasteiger partial charge in [0.15, 0.2) is 0 Å². The van der Waals surface area contributed by atoms with Gasteiger partial charge in [0.25, 0.3) is 11.8 Å². The Balaban J connectivity index is 1.51. The summed E-state index contributed by atoms with van der Waals surface area (Å²) in [6.07, 6.45) is 1.61. The van der Waals surface area contributed by atoms with E-state index in [2.05, 4.69) is 5.43 Å². The van der Waals surface area contributed by atoms with Gasteiger partial charge in [-0.05, 0) is 54.0 Å². The van der Waals surface area contributed by atoms with Crippen molar-refractivity contribution in [3.05, 3.63) is 101 Å². The summed E-state index contributed by atoms with van der Waals surface area (Å²) < 4.78 is 5.89. The van der Waals surface area contributed by atoms with Crippen molar-refractivity contribution in [3.8, 4) is 5.75 Å². The van der Waals surface area contributed by atoms with Gasteiger partial charge in [0.05, 0.1) is 5.69 Å². The summed E-state index contributed by atoms with van der Waals surface area (Å²) in [5, 5.41) is 1.26. The zero-order valence-corrected chi connectivity index (χ0v) is 16.0. The largest absolute Gasteiger partial charge is 0.489 e. The first-order valence-electron chi connectivity index (χ1n) is 9.31. The molecule has 1 N–H and O–H groups in total. The number of aryl methyl sites for hydroxylation is 1. The van der Waals surface area contributed by atoms with Gasteiger partial charge in [-0.2, -0.15) is 0 Å². The molecule has 29 heavy (non-hydrogen) atoms. The monoisotopic (exact) mass is 384 g/mol. The van der Waals surface area contributed by atoms with Crippen LogP contribution in [0.2, 0.25) is 0 Å². The number of carbonyl (C=O) groups excluding carboxylic acids is 2. The summed E-state index contributed by atoms with van der Waals surface area (Å²) >= 11 is 0. The van der Waals surface area contributed by atoms with E-state index >= 15 is 0 Å². The van der Waals surface area contributed by atoms with E-state index in [9.17, 15) is 9.59 Å². The van der Waals surface area contributed by atoms with Gasteiger partial charge in [-0.25, -0.2) is 5.01 Å². The van der Waals surface area contributed by atoms with E-state index < -0.39 is 5.91 Å². The Labute approximate surface area is 169 Å². The highest BCUT2D eigenvalue weighted by Gasteiger charge is 2.34. The fourth-order valence-corrected chi connectivity index (χ4v) is 3.14. The minimum absolute atomic E-state index is 0.103. The van der Waals surface area contributed by atoms with E-state index in [0.717, 1.165) is 22.4 Å². The second-order valence-electron chi connectivity index (χ2n) is 6.77. The number of nitrogens with one attached hydrogen (secondary N) is 1. The minimum atomic E-state index is -0.416. The number of nitrogens with zero attached hydrogens (tertiary/aromatic N) is 1. The fourth-order valence-electron chi connectivity index (χ4n) is 3.14. The predicted octanol–water partition coefficient (Wildman–Crippen LogP) is 4.04. The number of amides is 2. The van der Waals surface area contributed by atoms with E-state index in [0.29, 0.717) is 12.3 Å². The number of benzene rings is 3. The molecule has 1 aliphatic rings. The number of hydrogen-bond acceptors (Lipinski definition) is 3. The van der Waals surface area contributed by atoms with Crippen molar-refractivity contribution in [3.63, 3.8) is 0 Å². The van der Waals surface area contributed by atoms with Gasteiger partial charge in [0.2, 0.25) is 0 Å². The fraction of sp³-hybridized carbons (Fsp3) is 0.0833. The lowest BCUT2D eigenvalue weighted by molar-refractivity contribution is -0.117. The maximum absolute atomic E-state index is 12.7. The average molecular weight is 384 g/mol. The Bertz CT molecular complexity index is 1080. The number of rotatable bonds is 5. The standard InChI is InChI=1S/C24H20N2O3/c1-17-14-19(12-13-22(17)29-16-18-8-4-2-5-9-18)15-21-23(27)25-26(24(21)28)20-10-6-3-7-11-20/h2-15H,16H2,1H3,(H,25,27)/b21-15-. The molecular formula is C24H20N2O3. The zero-order chi connectivity index (χ0) is 20.2. The Morgan fingerprint density at radius 3 is 2.31 bits per heavy atom. The van der Waals surface area contributed by atoms with Gasteiger partial charge in [0.1, 0.15) is 17.9 Å². The van der Waals surface area contributed by atoms with Crippen LogP contribution in [0.1, 0.15) is 16.7 Å². The third-order valence-electron chi connectivity index (χ3n) is 4.65. The number of carbonyl (C=O) groups is 2. The normalized spacial score (nSPS) is 14.9. The lowest BCUT2D eigenvalue weighted by atomic mass is 10.1. The molecule has 5 heteroatoms. The van der Waals surface area contributed by atoms with Crippen LogP contribution in [0, 0.1) is 6.92 Å². The molecule has 1 saturated heterocycles. The molecule has 1 heterocycles. The maximum atomic E-state index is 12.7. The van der Waals surface area contributed by atoms with Crippen LogP contribution in [0.4, 0.5) is 5.69 Å². The van der Waals surface area contributed by atoms with Gasteiger partial charge in [0, 0.05) is 0 Å². The van der Waals surface area contributed by atoms with Crippen molar-refractivity contribution in [2.45, 2.75) is 13.5 Å².